The molecule has 1 aliphatic rings. The average molecular weight is 270 g/mol. The highest BCUT2D eigenvalue weighted by Crippen LogP contribution is 2.33. The number of nitrogens with one attached hydrogen (secondary N) is 1. The number of likely N-dealkylation sites (tertiary alicyclic amines) is 1. The van der Waals surface area contributed by atoms with Crippen LogP contribution < -0.4 is 5.32 Å². The van der Waals surface area contributed by atoms with Crippen molar-refractivity contribution in [2.45, 2.75) is 19.0 Å². The molecule has 0 bridgehead atoms. The zero-order valence-corrected chi connectivity index (χ0v) is 10.0. The number of carbonyl (C=O) groups is 1. The average Bonchev–Trinajstić information content (AvgIpc) is 2.27. The zero-order chi connectivity index (χ0) is 13.1. The first kappa shape index (κ1) is 14.0. The van der Waals surface area contributed by atoms with Crippen molar-refractivity contribution in [1.29, 1.82) is 0 Å². The van der Waals surface area contributed by atoms with Gasteiger partial charge in [0.25, 0.3) is 0 Å². The monoisotopic (exact) mass is 270 g/mol. The van der Waals surface area contributed by atoms with Crippen LogP contribution in [0.2, 0.25) is 0 Å². The molecular weight excluding hydrogens is 257 g/mol. The normalized spacial score (nSPS) is 17.8. The van der Waals surface area contributed by atoms with Crippen LogP contribution in [-0.2, 0) is 4.74 Å². The topological polar surface area (TPSA) is 41.6 Å². The Morgan fingerprint density at radius 2 is 1.94 bits per heavy atom. The summed E-state index contributed by atoms with van der Waals surface area (Å²) in [6, 6.07) is 0. The number of halogens is 3. The molecule has 0 saturated carbocycles. The van der Waals surface area contributed by atoms with E-state index in [9.17, 15) is 18.0 Å². The summed E-state index contributed by atoms with van der Waals surface area (Å²) in [6.45, 7) is 0.375. The number of alkyl halides is 3. The van der Waals surface area contributed by atoms with Gasteiger partial charge in [-0.3, -0.25) is 5.32 Å². The number of thiocarbonyl (C=S) groups is 1. The first-order valence-electron chi connectivity index (χ1n) is 5.05. The molecule has 1 N–H and O–H groups in total. The molecule has 1 rings (SSSR count). The molecule has 1 saturated heterocycles. The number of ether oxygens (including phenoxy) is 1. The lowest BCUT2D eigenvalue weighted by Gasteiger charge is -2.34. The van der Waals surface area contributed by atoms with Crippen molar-refractivity contribution in [3.8, 4) is 0 Å². The molecule has 0 aromatic heterocycles. The van der Waals surface area contributed by atoms with Crippen LogP contribution in [0.5, 0.6) is 0 Å². The Kier molecular flexibility index (Phi) is 4.55. The molecule has 1 fully saturated rings. The Bertz CT molecular complexity index is 301. The van der Waals surface area contributed by atoms with Gasteiger partial charge in [0.2, 0.25) is 0 Å². The van der Waals surface area contributed by atoms with E-state index in [1.807, 2.05) is 0 Å². The molecule has 17 heavy (non-hydrogen) atoms. The van der Waals surface area contributed by atoms with Crippen LogP contribution in [0.15, 0.2) is 0 Å². The van der Waals surface area contributed by atoms with E-state index in [4.69, 9.17) is 12.2 Å². The second kappa shape index (κ2) is 5.52. The lowest BCUT2D eigenvalue weighted by Crippen LogP contribution is -2.47. The lowest BCUT2D eigenvalue weighted by molar-refractivity contribution is -0.183. The predicted molar refractivity (Wildman–Crippen MR) is 58.5 cm³/mol. The smallest absolute Gasteiger partial charge is 0.413 e. The first-order valence-corrected chi connectivity index (χ1v) is 5.46. The molecule has 8 heteroatoms. The van der Waals surface area contributed by atoms with Crippen molar-refractivity contribution in [3.05, 3.63) is 0 Å². The van der Waals surface area contributed by atoms with Crippen LogP contribution in [0.3, 0.4) is 0 Å². The van der Waals surface area contributed by atoms with Crippen LogP contribution in [0.4, 0.5) is 18.0 Å². The number of piperidine rings is 1. The van der Waals surface area contributed by atoms with E-state index in [2.05, 4.69) is 10.1 Å². The highest BCUT2D eigenvalue weighted by Gasteiger charge is 2.41. The highest BCUT2D eigenvalue weighted by molar-refractivity contribution is 7.80. The van der Waals surface area contributed by atoms with Gasteiger partial charge in [0, 0.05) is 13.1 Å². The fraction of sp³-hybridized carbons (Fsp3) is 0.778. The Morgan fingerprint density at radius 3 is 2.35 bits per heavy atom. The molecule has 1 heterocycles. The summed E-state index contributed by atoms with van der Waals surface area (Å²) in [7, 11) is 1.19. The SMILES string of the molecule is COC(=O)NC(=S)N1CCC(C(F)(F)F)CC1. The highest BCUT2D eigenvalue weighted by atomic mass is 32.1. The van der Waals surface area contributed by atoms with Crippen molar-refractivity contribution in [2.75, 3.05) is 20.2 Å². The second-order valence-electron chi connectivity index (χ2n) is 3.72. The molecule has 0 spiro atoms. The molecule has 0 aliphatic carbocycles. The standard InChI is InChI=1S/C9H13F3N2O2S/c1-16-8(15)13-7(17)14-4-2-6(3-5-14)9(10,11)12/h6H,2-5H2,1H3,(H,13,15,17). The third-order valence-electron chi connectivity index (χ3n) is 2.64. The molecule has 0 aromatic rings. The molecule has 98 valence electrons. The van der Waals surface area contributed by atoms with Gasteiger partial charge in [0.05, 0.1) is 13.0 Å². The van der Waals surface area contributed by atoms with Gasteiger partial charge in [0.15, 0.2) is 5.11 Å². The van der Waals surface area contributed by atoms with E-state index in [0.717, 1.165) is 0 Å². The van der Waals surface area contributed by atoms with E-state index in [0.29, 0.717) is 0 Å². The molecule has 0 aromatic carbocycles. The predicted octanol–water partition coefficient (Wildman–Crippen LogP) is 1.90. The number of hydrogen-bond donors (Lipinski definition) is 1. The number of hydrogen-bond acceptors (Lipinski definition) is 3. The van der Waals surface area contributed by atoms with Gasteiger partial charge in [-0.25, -0.2) is 4.79 Å². The van der Waals surface area contributed by atoms with E-state index < -0.39 is 18.2 Å². The fourth-order valence-electron chi connectivity index (χ4n) is 1.63. The summed E-state index contributed by atoms with van der Waals surface area (Å²) >= 11 is 4.88. The Morgan fingerprint density at radius 1 is 1.41 bits per heavy atom. The van der Waals surface area contributed by atoms with Crippen molar-refractivity contribution in [3.63, 3.8) is 0 Å². The summed E-state index contributed by atoms with van der Waals surface area (Å²) in [5.41, 5.74) is 0. The summed E-state index contributed by atoms with van der Waals surface area (Å²) < 4.78 is 41.5. The summed E-state index contributed by atoms with van der Waals surface area (Å²) in [5.74, 6) is -1.28. The molecule has 0 atom stereocenters. The van der Waals surface area contributed by atoms with Gasteiger partial charge in [-0.1, -0.05) is 0 Å². The fourth-order valence-corrected chi connectivity index (χ4v) is 1.89. The number of carbonyl (C=O) groups excluding carboxylic acids is 1. The first-order chi connectivity index (χ1) is 7.84. The zero-order valence-electron chi connectivity index (χ0n) is 9.21. The summed E-state index contributed by atoms with van der Waals surface area (Å²) in [4.78, 5) is 12.4. The van der Waals surface area contributed by atoms with Gasteiger partial charge in [-0.2, -0.15) is 13.2 Å². The number of methoxy groups -OCH3 is 1. The van der Waals surface area contributed by atoms with Crippen LogP contribution in [0.1, 0.15) is 12.8 Å². The number of alkyl carbamates (subject to hydrolysis) is 1. The van der Waals surface area contributed by atoms with Crippen molar-refractivity contribution >= 4 is 23.4 Å². The van der Waals surface area contributed by atoms with E-state index >= 15 is 0 Å². The van der Waals surface area contributed by atoms with Gasteiger partial charge < -0.3 is 9.64 Å². The van der Waals surface area contributed by atoms with Crippen LogP contribution in [-0.4, -0.2) is 42.5 Å². The minimum absolute atomic E-state index is 0.00745. The maximum Gasteiger partial charge on any atom is 0.413 e. The van der Waals surface area contributed by atoms with E-state index in [1.165, 1.54) is 12.0 Å². The third-order valence-corrected chi connectivity index (χ3v) is 3.00. The van der Waals surface area contributed by atoms with Crippen LogP contribution >= 0.6 is 12.2 Å². The quantitative estimate of drug-likeness (QED) is 0.683. The molecule has 0 radical (unpaired) electrons. The number of nitrogens with zero attached hydrogens (tertiary/aromatic N) is 1. The number of rotatable bonds is 0. The lowest BCUT2D eigenvalue weighted by atomic mass is 9.97. The number of amides is 1. The largest absolute Gasteiger partial charge is 0.453 e. The van der Waals surface area contributed by atoms with Gasteiger partial charge in [0.1, 0.15) is 0 Å². The van der Waals surface area contributed by atoms with Crippen LogP contribution in [0, 0.1) is 5.92 Å². The van der Waals surface area contributed by atoms with E-state index in [-0.39, 0.29) is 31.0 Å². The molecule has 4 nitrogen and oxygen atoms in total. The molecular formula is C9H13F3N2O2S. The van der Waals surface area contributed by atoms with Gasteiger partial charge >= 0.3 is 12.3 Å². The second-order valence-corrected chi connectivity index (χ2v) is 4.11. The molecule has 0 unspecified atom stereocenters. The van der Waals surface area contributed by atoms with Crippen molar-refractivity contribution < 1.29 is 22.7 Å². The van der Waals surface area contributed by atoms with E-state index in [1.54, 1.807) is 0 Å². The van der Waals surface area contributed by atoms with Crippen molar-refractivity contribution in [1.82, 2.24) is 10.2 Å². The molecule has 1 aliphatic heterocycles. The summed E-state index contributed by atoms with van der Waals surface area (Å²) in [5, 5.41) is 2.38. The maximum absolute atomic E-state index is 12.4. The Balaban J connectivity index is 2.42. The Hall–Kier alpha value is -1.05. The molecule has 1 amide bonds. The minimum Gasteiger partial charge on any atom is -0.453 e. The van der Waals surface area contributed by atoms with Gasteiger partial charge in [-0.15, -0.1) is 0 Å². The van der Waals surface area contributed by atoms with Crippen LogP contribution in [0.25, 0.3) is 0 Å². The van der Waals surface area contributed by atoms with Gasteiger partial charge in [-0.05, 0) is 25.1 Å². The third kappa shape index (κ3) is 4.03. The Labute approximate surface area is 102 Å². The maximum atomic E-state index is 12.4. The van der Waals surface area contributed by atoms with Crippen molar-refractivity contribution in [2.24, 2.45) is 5.92 Å². The minimum atomic E-state index is -4.15. The summed E-state index contributed by atoms with van der Waals surface area (Å²) in [6.07, 6.45) is -4.88.